The van der Waals surface area contributed by atoms with E-state index in [1.54, 1.807) is 0 Å². The number of halogens is 2. The number of carboxylic acid groups (broad SMARTS) is 1. The topological polar surface area (TPSA) is 95.9 Å². The summed E-state index contributed by atoms with van der Waals surface area (Å²) in [6, 6.07) is -1.42. The maximum atomic E-state index is 11.6. The molecule has 0 spiro atoms. The molecule has 0 fully saturated rings. The minimum absolute atomic E-state index is 0.234. The molecule has 17 heavy (non-hydrogen) atoms. The molecule has 2 atom stereocenters. The van der Waals surface area contributed by atoms with Crippen LogP contribution in [-0.2, 0) is 14.3 Å². The number of carboxylic acids is 1. The molecule has 0 rings (SSSR count). The van der Waals surface area contributed by atoms with E-state index in [9.17, 15) is 18.4 Å². The minimum atomic E-state index is -2.61. The Bertz CT molecular complexity index is 260. The Morgan fingerprint density at radius 3 is 2.41 bits per heavy atom. The summed E-state index contributed by atoms with van der Waals surface area (Å²) in [7, 11) is 0. The molecule has 0 bridgehead atoms. The number of hydrogen-bond acceptors (Lipinski definition) is 4. The van der Waals surface area contributed by atoms with Crippen LogP contribution < -0.4 is 5.32 Å². The molecule has 0 aliphatic carbocycles. The van der Waals surface area contributed by atoms with Gasteiger partial charge in [0.2, 0.25) is 5.91 Å². The molecule has 0 radical (unpaired) electrons. The number of aliphatic hydroxyl groups excluding tert-OH is 1. The molecule has 0 aliphatic rings. The van der Waals surface area contributed by atoms with Crippen LogP contribution in [-0.4, -0.2) is 53.9 Å². The largest absolute Gasteiger partial charge is 0.480 e. The monoisotopic (exact) mass is 255 g/mol. The first-order valence-corrected chi connectivity index (χ1v) is 4.90. The van der Waals surface area contributed by atoms with Gasteiger partial charge in [0.15, 0.2) is 6.04 Å². The fourth-order valence-electron chi connectivity index (χ4n) is 0.972. The molecule has 8 heteroatoms. The Labute approximate surface area is 96.6 Å². The van der Waals surface area contributed by atoms with E-state index in [0.717, 1.165) is 0 Å². The Balaban J connectivity index is 3.87. The van der Waals surface area contributed by atoms with Crippen molar-refractivity contribution >= 4 is 11.9 Å². The van der Waals surface area contributed by atoms with Crippen LogP contribution in [0, 0.1) is 0 Å². The summed E-state index contributed by atoms with van der Waals surface area (Å²) in [6.45, 7) is 0.209. The molecular weight excluding hydrogens is 240 g/mol. The number of ether oxygens (including phenoxy) is 1. The standard InChI is InChI=1S/C9H15F2NO5/c1-5(13)8(9(15)16)12-7(14)2-3-17-4-6(10)11/h5-6,8,13H,2-4H2,1H3,(H,12,14)(H,15,16)/t5-,8+/m1/s1. The highest BCUT2D eigenvalue weighted by molar-refractivity contribution is 5.83. The summed E-state index contributed by atoms with van der Waals surface area (Å²) in [6.07, 6.45) is -4.11. The quantitative estimate of drug-likeness (QED) is 0.513. The van der Waals surface area contributed by atoms with Gasteiger partial charge in [-0.1, -0.05) is 0 Å². The third kappa shape index (κ3) is 7.58. The highest BCUT2D eigenvalue weighted by Crippen LogP contribution is 1.96. The summed E-state index contributed by atoms with van der Waals surface area (Å²) >= 11 is 0. The van der Waals surface area contributed by atoms with Gasteiger partial charge < -0.3 is 20.3 Å². The van der Waals surface area contributed by atoms with E-state index in [1.807, 2.05) is 5.32 Å². The van der Waals surface area contributed by atoms with Gasteiger partial charge in [0.1, 0.15) is 6.61 Å². The average molecular weight is 255 g/mol. The van der Waals surface area contributed by atoms with Crippen molar-refractivity contribution in [1.29, 1.82) is 0 Å². The Morgan fingerprint density at radius 1 is 1.41 bits per heavy atom. The fraction of sp³-hybridized carbons (Fsp3) is 0.778. The lowest BCUT2D eigenvalue weighted by Crippen LogP contribution is -2.47. The van der Waals surface area contributed by atoms with Gasteiger partial charge in [0.05, 0.1) is 12.7 Å². The second-order valence-electron chi connectivity index (χ2n) is 3.34. The second-order valence-corrected chi connectivity index (χ2v) is 3.34. The third-order valence-corrected chi connectivity index (χ3v) is 1.78. The average Bonchev–Trinajstić information content (AvgIpc) is 2.19. The molecule has 0 aromatic carbocycles. The Kier molecular flexibility index (Phi) is 7.31. The van der Waals surface area contributed by atoms with Crippen LogP contribution >= 0.6 is 0 Å². The van der Waals surface area contributed by atoms with Gasteiger partial charge in [-0.25, -0.2) is 13.6 Å². The zero-order valence-corrected chi connectivity index (χ0v) is 9.23. The Hall–Kier alpha value is -1.28. The molecule has 0 aliphatic heterocycles. The van der Waals surface area contributed by atoms with Gasteiger partial charge in [-0.3, -0.25) is 4.79 Å². The minimum Gasteiger partial charge on any atom is -0.480 e. The van der Waals surface area contributed by atoms with Gasteiger partial charge in [-0.05, 0) is 6.92 Å². The maximum absolute atomic E-state index is 11.6. The van der Waals surface area contributed by atoms with Gasteiger partial charge in [0, 0.05) is 6.42 Å². The van der Waals surface area contributed by atoms with Crippen LogP contribution in [0.4, 0.5) is 8.78 Å². The maximum Gasteiger partial charge on any atom is 0.328 e. The van der Waals surface area contributed by atoms with Gasteiger partial charge in [-0.2, -0.15) is 0 Å². The van der Waals surface area contributed by atoms with E-state index in [-0.39, 0.29) is 13.0 Å². The molecule has 100 valence electrons. The molecule has 0 heterocycles. The molecule has 1 amide bonds. The molecule has 0 unspecified atom stereocenters. The van der Waals surface area contributed by atoms with E-state index >= 15 is 0 Å². The fourth-order valence-corrected chi connectivity index (χ4v) is 0.972. The number of carbonyl (C=O) groups is 2. The second kappa shape index (κ2) is 7.91. The SMILES string of the molecule is C[C@@H](O)[C@H](NC(=O)CCOCC(F)F)C(=O)O. The number of amides is 1. The predicted octanol–water partition coefficient (Wildman–Crippen LogP) is -0.392. The van der Waals surface area contributed by atoms with Gasteiger partial charge in [-0.15, -0.1) is 0 Å². The van der Waals surface area contributed by atoms with Crippen LogP contribution in [0.1, 0.15) is 13.3 Å². The zero-order chi connectivity index (χ0) is 13.4. The zero-order valence-electron chi connectivity index (χ0n) is 9.23. The molecule has 3 N–H and O–H groups in total. The molecule has 0 saturated carbocycles. The van der Waals surface area contributed by atoms with Crippen LogP contribution in [0.25, 0.3) is 0 Å². The summed E-state index contributed by atoms with van der Waals surface area (Å²) in [5.74, 6) is -2.06. The van der Waals surface area contributed by atoms with Crippen molar-refractivity contribution in [2.24, 2.45) is 0 Å². The smallest absolute Gasteiger partial charge is 0.328 e. The van der Waals surface area contributed by atoms with Crippen molar-refractivity contribution in [2.45, 2.75) is 31.9 Å². The van der Waals surface area contributed by atoms with Crippen molar-refractivity contribution in [3.05, 3.63) is 0 Å². The number of nitrogens with one attached hydrogen (secondary N) is 1. The summed E-state index contributed by atoms with van der Waals surface area (Å²) < 4.78 is 27.7. The number of alkyl halides is 2. The first-order valence-electron chi connectivity index (χ1n) is 4.90. The number of aliphatic carboxylic acids is 1. The van der Waals surface area contributed by atoms with E-state index in [1.165, 1.54) is 6.92 Å². The number of hydrogen-bond donors (Lipinski definition) is 3. The first kappa shape index (κ1) is 15.7. The lowest BCUT2D eigenvalue weighted by molar-refractivity contribution is -0.145. The predicted molar refractivity (Wildman–Crippen MR) is 52.7 cm³/mol. The van der Waals surface area contributed by atoms with Gasteiger partial charge >= 0.3 is 5.97 Å². The highest BCUT2D eigenvalue weighted by Gasteiger charge is 2.24. The summed E-state index contributed by atoms with van der Waals surface area (Å²) in [5.41, 5.74) is 0. The Morgan fingerprint density at radius 2 is 2.00 bits per heavy atom. The molecule has 0 aromatic heterocycles. The third-order valence-electron chi connectivity index (χ3n) is 1.78. The molecule has 0 saturated heterocycles. The van der Waals surface area contributed by atoms with Gasteiger partial charge in [0.25, 0.3) is 6.43 Å². The lowest BCUT2D eigenvalue weighted by Gasteiger charge is -2.16. The normalized spacial score (nSPS) is 14.4. The van der Waals surface area contributed by atoms with Crippen molar-refractivity contribution in [2.75, 3.05) is 13.2 Å². The number of rotatable bonds is 8. The number of aliphatic hydroxyl groups is 1. The van der Waals surface area contributed by atoms with Crippen LogP contribution in [0.15, 0.2) is 0 Å². The lowest BCUT2D eigenvalue weighted by atomic mass is 10.2. The number of carbonyl (C=O) groups excluding carboxylic acids is 1. The highest BCUT2D eigenvalue weighted by atomic mass is 19.3. The van der Waals surface area contributed by atoms with E-state index in [2.05, 4.69) is 4.74 Å². The van der Waals surface area contributed by atoms with Crippen LogP contribution in [0.5, 0.6) is 0 Å². The van der Waals surface area contributed by atoms with Crippen molar-refractivity contribution < 1.29 is 33.3 Å². The van der Waals surface area contributed by atoms with E-state index in [4.69, 9.17) is 10.2 Å². The van der Waals surface area contributed by atoms with Crippen molar-refractivity contribution in [3.63, 3.8) is 0 Å². The van der Waals surface area contributed by atoms with Crippen molar-refractivity contribution in [1.82, 2.24) is 5.32 Å². The molecule has 0 aromatic rings. The van der Waals surface area contributed by atoms with Crippen molar-refractivity contribution in [3.8, 4) is 0 Å². The van der Waals surface area contributed by atoms with Crippen LogP contribution in [0.3, 0.4) is 0 Å². The summed E-state index contributed by atoms with van der Waals surface area (Å²) in [4.78, 5) is 21.7. The van der Waals surface area contributed by atoms with Crippen LogP contribution in [0.2, 0.25) is 0 Å². The van der Waals surface area contributed by atoms with E-state index in [0.29, 0.717) is 0 Å². The first-order chi connectivity index (χ1) is 7.84. The molecule has 6 nitrogen and oxygen atoms in total. The summed E-state index contributed by atoms with van der Waals surface area (Å²) in [5, 5.41) is 19.7. The molecular formula is C9H15F2NO5. The van der Waals surface area contributed by atoms with E-state index < -0.39 is 37.1 Å².